The summed E-state index contributed by atoms with van der Waals surface area (Å²) >= 11 is 1.07. The number of aliphatic carboxylic acids is 1. The number of hydrogen-bond donors (Lipinski definition) is 2. The third-order valence-corrected chi connectivity index (χ3v) is 6.08. The Balaban J connectivity index is 1.94. The molecule has 21 heavy (non-hydrogen) atoms. The van der Waals surface area contributed by atoms with Gasteiger partial charge in [0.2, 0.25) is 5.91 Å². The second-order valence-electron chi connectivity index (χ2n) is 4.74. The van der Waals surface area contributed by atoms with Crippen LogP contribution in [0, 0.1) is 0 Å². The molecular weight excluding hydrogens is 316 g/mol. The number of carboxylic acid groups (broad SMARTS) is 1. The zero-order valence-corrected chi connectivity index (χ0v) is 12.8. The summed E-state index contributed by atoms with van der Waals surface area (Å²) in [7, 11) is -3.68. The first-order chi connectivity index (χ1) is 9.90. The fourth-order valence-corrected chi connectivity index (χ4v) is 4.34. The molecule has 1 amide bonds. The molecule has 116 valence electrons. The van der Waals surface area contributed by atoms with Gasteiger partial charge in [-0.1, -0.05) is 6.07 Å². The van der Waals surface area contributed by atoms with Crippen LogP contribution in [0.5, 0.6) is 0 Å². The molecule has 1 aliphatic rings. The Kier molecular flexibility index (Phi) is 4.96. The lowest BCUT2D eigenvalue weighted by atomic mass is 10.1. The van der Waals surface area contributed by atoms with E-state index in [4.69, 9.17) is 5.11 Å². The fraction of sp³-hybridized carbons (Fsp3) is 0.500. The van der Waals surface area contributed by atoms with Crippen molar-refractivity contribution in [3.05, 3.63) is 17.5 Å². The molecular formula is C12H16N2O5S2. The van der Waals surface area contributed by atoms with Gasteiger partial charge in [-0.3, -0.25) is 9.59 Å². The van der Waals surface area contributed by atoms with Crippen LogP contribution in [0.25, 0.3) is 0 Å². The first kappa shape index (κ1) is 15.9. The number of amides is 1. The number of hydrogen-bond acceptors (Lipinski definition) is 5. The average Bonchev–Trinajstić information content (AvgIpc) is 3.06. The number of carbonyl (C=O) groups excluding carboxylic acids is 1. The van der Waals surface area contributed by atoms with Crippen molar-refractivity contribution < 1.29 is 23.1 Å². The van der Waals surface area contributed by atoms with Crippen molar-refractivity contribution in [3.8, 4) is 0 Å². The van der Waals surface area contributed by atoms with Gasteiger partial charge >= 0.3 is 5.97 Å². The standard InChI is InChI=1S/C12H16N2O5S2/c15-10(14-5-1-3-9(14)7-11(16)17)8-13-21(18,19)12-4-2-6-20-12/h2,4,6,9,13H,1,3,5,7-8H2,(H,16,17). The molecule has 1 unspecified atom stereocenters. The monoisotopic (exact) mass is 332 g/mol. The van der Waals surface area contributed by atoms with Crippen molar-refractivity contribution in [2.75, 3.05) is 13.1 Å². The number of likely N-dealkylation sites (tertiary alicyclic amines) is 1. The van der Waals surface area contributed by atoms with Crippen LogP contribution in [0.4, 0.5) is 0 Å². The second-order valence-corrected chi connectivity index (χ2v) is 7.68. The maximum atomic E-state index is 12.1. The van der Waals surface area contributed by atoms with Crippen LogP contribution in [-0.2, 0) is 19.6 Å². The molecule has 1 fully saturated rings. The first-order valence-electron chi connectivity index (χ1n) is 6.44. The Labute approximate surface area is 126 Å². The summed E-state index contributed by atoms with van der Waals surface area (Å²) in [6.45, 7) is 0.119. The quantitative estimate of drug-likeness (QED) is 0.789. The zero-order valence-electron chi connectivity index (χ0n) is 11.2. The van der Waals surface area contributed by atoms with Crippen LogP contribution in [0.15, 0.2) is 21.7 Å². The maximum absolute atomic E-state index is 12.1. The average molecular weight is 332 g/mol. The molecule has 9 heteroatoms. The van der Waals surface area contributed by atoms with Gasteiger partial charge in [0.15, 0.2) is 0 Å². The van der Waals surface area contributed by atoms with E-state index in [0.29, 0.717) is 13.0 Å². The Morgan fingerprint density at radius 1 is 1.48 bits per heavy atom. The molecule has 0 aliphatic carbocycles. The number of thiophene rings is 1. The summed E-state index contributed by atoms with van der Waals surface area (Å²) < 4.78 is 26.2. The molecule has 0 radical (unpaired) electrons. The van der Waals surface area contributed by atoms with E-state index in [0.717, 1.165) is 17.8 Å². The van der Waals surface area contributed by atoms with E-state index in [1.165, 1.54) is 11.0 Å². The molecule has 2 N–H and O–H groups in total. The third-order valence-electron chi connectivity index (χ3n) is 3.28. The minimum atomic E-state index is -3.68. The summed E-state index contributed by atoms with van der Waals surface area (Å²) in [6, 6.07) is 2.73. The number of rotatable bonds is 6. The van der Waals surface area contributed by atoms with Crippen molar-refractivity contribution in [2.45, 2.75) is 29.5 Å². The molecule has 2 heterocycles. The number of sulfonamides is 1. The number of nitrogens with zero attached hydrogens (tertiary/aromatic N) is 1. The maximum Gasteiger partial charge on any atom is 0.305 e. The van der Waals surface area contributed by atoms with Crippen LogP contribution in [-0.4, -0.2) is 49.4 Å². The number of nitrogens with one attached hydrogen (secondary N) is 1. The van der Waals surface area contributed by atoms with Crippen LogP contribution in [0.3, 0.4) is 0 Å². The Hall–Kier alpha value is -1.45. The normalized spacial score (nSPS) is 18.9. The Morgan fingerprint density at radius 2 is 2.24 bits per heavy atom. The molecule has 0 bridgehead atoms. The van der Waals surface area contributed by atoms with Gasteiger partial charge in [0.1, 0.15) is 4.21 Å². The molecule has 1 aromatic heterocycles. The minimum Gasteiger partial charge on any atom is -0.481 e. The largest absolute Gasteiger partial charge is 0.481 e. The highest BCUT2D eigenvalue weighted by Crippen LogP contribution is 2.20. The molecule has 1 aliphatic heterocycles. The Bertz CT molecular complexity index is 612. The van der Waals surface area contributed by atoms with Gasteiger partial charge in [0.25, 0.3) is 10.0 Å². The first-order valence-corrected chi connectivity index (χ1v) is 8.81. The van der Waals surface area contributed by atoms with Crippen LogP contribution >= 0.6 is 11.3 Å². The molecule has 0 spiro atoms. The predicted octanol–water partition coefficient (Wildman–Crippen LogP) is 0.492. The highest BCUT2D eigenvalue weighted by molar-refractivity contribution is 7.91. The van der Waals surface area contributed by atoms with E-state index in [1.807, 2.05) is 0 Å². The lowest BCUT2D eigenvalue weighted by Crippen LogP contribution is -2.43. The van der Waals surface area contributed by atoms with Gasteiger partial charge in [0, 0.05) is 12.6 Å². The summed E-state index contributed by atoms with van der Waals surface area (Å²) in [6.07, 6.45) is 1.26. The lowest BCUT2D eigenvalue weighted by molar-refractivity contribution is -0.139. The summed E-state index contributed by atoms with van der Waals surface area (Å²) in [5.74, 6) is -1.35. The molecule has 1 saturated heterocycles. The van der Waals surface area contributed by atoms with Crippen LogP contribution < -0.4 is 4.72 Å². The van der Waals surface area contributed by atoms with Gasteiger partial charge in [-0.15, -0.1) is 11.3 Å². The van der Waals surface area contributed by atoms with Gasteiger partial charge < -0.3 is 10.0 Å². The van der Waals surface area contributed by atoms with Gasteiger partial charge in [-0.2, -0.15) is 0 Å². The Morgan fingerprint density at radius 3 is 2.86 bits per heavy atom. The fourth-order valence-electron chi connectivity index (χ4n) is 2.32. The van der Waals surface area contributed by atoms with E-state index in [2.05, 4.69) is 4.72 Å². The smallest absolute Gasteiger partial charge is 0.305 e. The lowest BCUT2D eigenvalue weighted by Gasteiger charge is -2.23. The molecule has 1 atom stereocenters. The second kappa shape index (κ2) is 6.54. The van der Waals surface area contributed by atoms with Crippen LogP contribution in [0.1, 0.15) is 19.3 Å². The number of carbonyl (C=O) groups is 2. The van der Waals surface area contributed by atoms with Crippen molar-refractivity contribution in [2.24, 2.45) is 0 Å². The van der Waals surface area contributed by atoms with E-state index in [1.54, 1.807) is 11.4 Å². The molecule has 7 nitrogen and oxygen atoms in total. The number of carboxylic acids is 1. The highest BCUT2D eigenvalue weighted by Gasteiger charge is 2.30. The zero-order chi connectivity index (χ0) is 15.5. The van der Waals surface area contributed by atoms with Crippen molar-refractivity contribution in [3.63, 3.8) is 0 Å². The summed E-state index contributed by atoms with van der Waals surface area (Å²) in [5.41, 5.74) is 0. The van der Waals surface area contributed by atoms with Crippen LogP contribution in [0.2, 0.25) is 0 Å². The molecule has 1 aromatic rings. The van der Waals surface area contributed by atoms with Gasteiger partial charge in [-0.05, 0) is 24.3 Å². The third kappa shape index (κ3) is 4.02. The van der Waals surface area contributed by atoms with E-state index < -0.39 is 16.0 Å². The van der Waals surface area contributed by atoms with Crippen molar-refractivity contribution in [1.29, 1.82) is 0 Å². The SMILES string of the molecule is O=C(O)CC1CCCN1C(=O)CNS(=O)(=O)c1cccs1. The van der Waals surface area contributed by atoms with E-state index in [-0.39, 0.29) is 29.1 Å². The van der Waals surface area contributed by atoms with E-state index >= 15 is 0 Å². The molecule has 2 rings (SSSR count). The van der Waals surface area contributed by atoms with Crippen molar-refractivity contribution >= 4 is 33.2 Å². The summed E-state index contributed by atoms with van der Waals surface area (Å²) in [5, 5.41) is 10.4. The summed E-state index contributed by atoms with van der Waals surface area (Å²) in [4.78, 5) is 24.3. The van der Waals surface area contributed by atoms with Gasteiger partial charge in [-0.25, -0.2) is 13.1 Å². The van der Waals surface area contributed by atoms with Gasteiger partial charge in [0.05, 0.1) is 13.0 Å². The highest BCUT2D eigenvalue weighted by atomic mass is 32.2. The predicted molar refractivity (Wildman–Crippen MR) is 76.5 cm³/mol. The van der Waals surface area contributed by atoms with E-state index in [9.17, 15) is 18.0 Å². The minimum absolute atomic E-state index is 0.108. The molecule has 0 aromatic carbocycles. The topological polar surface area (TPSA) is 104 Å². The van der Waals surface area contributed by atoms with Crippen molar-refractivity contribution in [1.82, 2.24) is 9.62 Å². The molecule has 0 saturated carbocycles.